The largest absolute Gasteiger partial charge is 0.346 e. The van der Waals surface area contributed by atoms with E-state index < -0.39 is 11.8 Å². The van der Waals surface area contributed by atoms with Gasteiger partial charge in [-0.15, -0.1) is 9.98 Å². The molecule has 0 unspecified atom stereocenters. The van der Waals surface area contributed by atoms with Crippen LogP contribution < -0.4 is 0 Å². The zero-order chi connectivity index (χ0) is 7.98. The number of isothiocyanates is 2. The van der Waals surface area contributed by atoms with E-state index in [4.69, 9.17) is 0 Å². The van der Waals surface area contributed by atoms with Crippen LogP contribution in [0.2, 0.25) is 0 Å². The summed E-state index contributed by atoms with van der Waals surface area (Å²) in [5.74, 6) is -2.18. The molecule has 0 heterocycles. The topological polar surface area (TPSA) is 58.9 Å². The molecule has 0 spiro atoms. The van der Waals surface area contributed by atoms with Crippen molar-refractivity contribution < 1.29 is 9.59 Å². The summed E-state index contributed by atoms with van der Waals surface area (Å²) < 4.78 is 0. The maximum absolute atomic E-state index is 10.3. The van der Waals surface area contributed by atoms with Crippen LogP contribution in [0.5, 0.6) is 0 Å². The first-order chi connectivity index (χ1) is 4.72. The van der Waals surface area contributed by atoms with Crippen LogP contribution in [0.4, 0.5) is 0 Å². The molecule has 6 heteroatoms. The summed E-state index contributed by atoms with van der Waals surface area (Å²) in [6.45, 7) is 0. The van der Waals surface area contributed by atoms with Gasteiger partial charge in [0.15, 0.2) is 0 Å². The lowest BCUT2D eigenvalue weighted by molar-refractivity contribution is -0.134. The Morgan fingerprint density at radius 2 is 1.30 bits per heavy atom. The van der Waals surface area contributed by atoms with Gasteiger partial charge in [-0.05, 0) is 24.4 Å². The predicted octanol–water partition coefficient (Wildman–Crippen LogP) is 0.245. The highest BCUT2D eigenvalue weighted by molar-refractivity contribution is 7.78. The Kier molecular flexibility index (Phi) is 4.28. The SMILES string of the molecule is O=C(N=C=S)C(=O)N=C=S. The van der Waals surface area contributed by atoms with Gasteiger partial charge in [0, 0.05) is 0 Å². The molecule has 0 aliphatic heterocycles. The van der Waals surface area contributed by atoms with E-state index >= 15 is 0 Å². The van der Waals surface area contributed by atoms with Gasteiger partial charge >= 0.3 is 11.8 Å². The third-order valence-corrected chi connectivity index (χ3v) is 0.660. The van der Waals surface area contributed by atoms with Crippen molar-refractivity contribution in [2.45, 2.75) is 0 Å². The van der Waals surface area contributed by atoms with Crippen molar-refractivity contribution in [3.63, 3.8) is 0 Å². The standard InChI is InChI=1S/C4N2O2S2/c7-3(5-1-9)4(8)6-2-10. The fourth-order valence-electron chi connectivity index (χ4n) is 0.179. The van der Waals surface area contributed by atoms with Crippen LogP contribution in [-0.4, -0.2) is 22.1 Å². The fourth-order valence-corrected chi connectivity index (χ4v) is 0.344. The van der Waals surface area contributed by atoms with Crippen LogP contribution in [-0.2, 0) is 9.59 Å². The van der Waals surface area contributed by atoms with Gasteiger partial charge in [-0.3, -0.25) is 9.59 Å². The van der Waals surface area contributed by atoms with Gasteiger partial charge in [-0.25, -0.2) is 0 Å². The second kappa shape index (κ2) is 4.78. The zero-order valence-corrected chi connectivity index (χ0v) is 6.16. The molecule has 2 amide bonds. The second-order valence-electron chi connectivity index (χ2n) is 1.02. The van der Waals surface area contributed by atoms with E-state index in [9.17, 15) is 9.59 Å². The fraction of sp³-hybridized carbons (Fsp3) is 0. The molecule has 4 nitrogen and oxygen atoms in total. The van der Waals surface area contributed by atoms with Gasteiger partial charge in [-0.2, -0.15) is 0 Å². The van der Waals surface area contributed by atoms with Crippen LogP contribution in [0.1, 0.15) is 0 Å². The highest BCUT2D eigenvalue weighted by Gasteiger charge is 2.08. The minimum Gasteiger partial charge on any atom is -0.260 e. The molecule has 0 bridgehead atoms. The van der Waals surface area contributed by atoms with Crippen molar-refractivity contribution in [1.82, 2.24) is 0 Å². The van der Waals surface area contributed by atoms with Gasteiger partial charge in [0.05, 0.1) is 10.3 Å². The number of amides is 2. The molecule has 50 valence electrons. The lowest BCUT2D eigenvalue weighted by Gasteiger charge is -1.76. The summed E-state index contributed by atoms with van der Waals surface area (Å²) in [5.41, 5.74) is 0. The van der Waals surface area contributed by atoms with Gasteiger partial charge in [0.25, 0.3) is 0 Å². The second-order valence-corrected chi connectivity index (χ2v) is 1.38. The molecule has 0 aromatic carbocycles. The van der Waals surface area contributed by atoms with E-state index in [0.717, 1.165) is 0 Å². The Bertz CT molecular complexity index is 232. The number of rotatable bonds is 0. The molecular weight excluding hydrogens is 172 g/mol. The lowest BCUT2D eigenvalue weighted by Crippen LogP contribution is -2.06. The molecule has 0 saturated carbocycles. The summed E-state index contributed by atoms with van der Waals surface area (Å²) in [6, 6.07) is 0. The van der Waals surface area contributed by atoms with E-state index in [1.807, 2.05) is 0 Å². The van der Waals surface area contributed by atoms with Crippen LogP contribution in [0.3, 0.4) is 0 Å². The van der Waals surface area contributed by atoms with Crippen molar-refractivity contribution in [2.24, 2.45) is 9.98 Å². The number of carbonyl (C=O) groups is 2. The first-order valence-corrected chi connectivity index (χ1v) is 2.78. The Hall–Kier alpha value is -1.06. The van der Waals surface area contributed by atoms with E-state index in [-0.39, 0.29) is 0 Å². The Labute approximate surface area is 66.7 Å². The number of aliphatic imine (C=N–C) groups is 2. The van der Waals surface area contributed by atoms with E-state index in [1.165, 1.54) is 0 Å². The minimum atomic E-state index is -1.09. The van der Waals surface area contributed by atoms with E-state index in [2.05, 4.69) is 34.4 Å². The number of hydrogen-bond donors (Lipinski definition) is 0. The minimum absolute atomic E-state index is 1.09. The summed E-state index contributed by atoms with van der Waals surface area (Å²) >= 11 is 8.11. The third-order valence-electron chi connectivity index (χ3n) is 0.477. The third kappa shape index (κ3) is 3.06. The van der Waals surface area contributed by atoms with Gasteiger partial charge in [0.1, 0.15) is 0 Å². The van der Waals surface area contributed by atoms with Crippen molar-refractivity contribution >= 4 is 46.6 Å². The molecule has 0 aromatic rings. The van der Waals surface area contributed by atoms with Crippen molar-refractivity contribution in [3.8, 4) is 0 Å². The predicted molar refractivity (Wildman–Crippen MR) is 40.1 cm³/mol. The van der Waals surface area contributed by atoms with Gasteiger partial charge in [0.2, 0.25) is 0 Å². The molecule has 0 fully saturated rings. The summed E-state index contributed by atoms with van der Waals surface area (Å²) in [7, 11) is 0. The Morgan fingerprint density at radius 1 is 1.00 bits per heavy atom. The summed E-state index contributed by atoms with van der Waals surface area (Å²) in [5, 5.41) is 3.45. The normalized spacial score (nSPS) is 6.80. The average molecular weight is 172 g/mol. The maximum atomic E-state index is 10.3. The Balaban J connectivity index is 4.37. The molecule has 0 aliphatic carbocycles. The van der Waals surface area contributed by atoms with Gasteiger partial charge in [-0.1, -0.05) is 0 Å². The molecule has 10 heavy (non-hydrogen) atoms. The Morgan fingerprint density at radius 3 is 1.50 bits per heavy atom. The molecule has 0 saturated heterocycles. The van der Waals surface area contributed by atoms with E-state index in [0.29, 0.717) is 0 Å². The van der Waals surface area contributed by atoms with E-state index in [1.54, 1.807) is 10.3 Å². The van der Waals surface area contributed by atoms with Crippen molar-refractivity contribution in [1.29, 1.82) is 0 Å². The number of hydrogen-bond acceptors (Lipinski definition) is 4. The quantitative estimate of drug-likeness (QED) is 0.298. The number of nitrogens with zero attached hydrogens (tertiary/aromatic N) is 2. The highest BCUT2D eigenvalue weighted by atomic mass is 32.1. The average Bonchev–Trinajstić information content (AvgIpc) is 1.89. The zero-order valence-electron chi connectivity index (χ0n) is 4.53. The van der Waals surface area contributed by atoms with Crippen molar-refractivity contribution in [3.05, 3.63) is 0 Å². The molecule has 0 N–H and O–H groups in total. The van der Waals surface area contributed by atoms with Gasteiger partial charge < -0.3 is 0 Å². The molecular formula is C4N2O2S2. The first-order valence-electron chi connectivity index (χ1n) is 1.96. The first kappa shape index (κ1) is 8.94. The molecule has 0 aromatic heterocycles. The smallest absolute Gasteiger partial charge is 0.260 e. The van der Waals surface area contributed by atoms with Crippen LogP contribution in [0.25, 0.3) is 0 Å². The van der Waals surface area contributed by atoms with Crippen LogP contribution in [0, 0.1) is 0 Å². The highest BCUT2D eigenvalue weighted by Crippen LogP contribution is 1.77. The summed E-state index contributed by atoms with van der Waals surface area (Å²) in [6.07, 6.45) is 0. The van der Waals surface area contributed by atoms with Crippen LogP contribution >= 0.6 is 24.4 Å². The monoisotopic (exact) mass is 172 g/mol. The summed E-state index contributed by atoms with van der Waals surface area (Å²) in [4.78, 5) is 26.3. The van der Waals surface area contributed by atoms with Crippen LogP contribution in [0.15, 0.2) is 9.98 Å². The van der Waals surface area contributed by atoms with Crippen molar-refractivity contribution in [2.75, 3.05) is 0 Å². The lowest BCUT2D eigenvalue weighted by atomic mass is 10.6. The number of thiocarbonyl (C=S) groups is 2. The molecule has 0 aliphatic rings. The maximum Gasteiger partial charge on any atom is 0.346 e. The number of carbonyl (C=O) groups excluding carboxylic acids is 2. The molecule has 0 atom stereocenters. The molecule has 0 radical (unpaired) electrons. The molecule has 0 rings (SSSR count).